The van der Waals surface area contributed by atoms with Crippen LogP contribution in [0.25, 0.3) is 0 Å². The Morgan fingerprint density at radius 3 is 2.70 bits per heavy atom. The summed E-state index contributed by atoms with van der Waals surface area (Å²) in [6.07, 6.45) is 6.78. The van der Waals surface area contributed by atoms with Crippen molar-refractivity contribution < 1.29 is 28.6 Å². The van der Waals surface area contributed by atoms with Gasteiger partial charge in [-0.25, -0.2) is 4.39 Å². The highest BCUT2D eigenvalue weighted by Gasteiger charge is 2.67. The molecule has 1 N–H and O–H groups in total. The number of hydrogen-bond acceptors (Lipinski definition) is 5. The Kier molecular flexibility index (Phi) is 4.92. The number of ketones is 2. The lowest BCUT2D eigenvalue weighted by atomic mass is 9.52. The smallest absolute Gasteiger partial charge is 0.306 e. The van der Waals surface area contributed by atoms with Gasteiger partial charge in [-0.2, -0.15) is 0 Å². The third-order valence-corrected chi connectivity index (χ3v) is 8.13. The normalized spacial score (nSPS) is 39.8. The fraction of sp³-hybridized carbons (Fsp3) is 0.625. The highest BCUT2D eigenvalue weighted by Crippen LogP contribution is 2.65. The Labute approximate surface area is 176 Å². The lowest BCUT2D eigenvalue weighted by molar-refractivity contribution is -0.184. The number of carbonyl (C=O) groups excluding carboxylic acids is 3. The Morgan fingerprint density at radius 2 is 2.03 bits per heavy atom. The summed E-state index contributed by atoms with van der Waals surface area (Å²) in [4.78, 5) is 37.0. The Balaban J connectivity index is 1.84. The molecule has 0 aliphatic heterocycles. The molecule has 4 rings (SSSR count). The number of Topliss-reactive ketones (excluding diaryl/α,β-unsaturated/α-hetero) is 1. The number of hydrogen-bond donors (Lipinski definition) is 1. The predicted octanol–water partition coefficient (Wildman–Crippen LogP) is 3.56. The molecular formula is C24H29FO5. The zero-order valence-electron chi connectivity index (χ0n) is 17.8. The number of ether oxygens (including phenoxy) is 1. The van der Waals surface area contributed by atoms with Crippen molar-refractivity contribution in [2.75, 3.05) is 6.67 Å². The molecule has 0 aromatic heterocycles. The number of halogens is 1. The molecule has 0 saturated heterocycles. The molecule has 162 valence electrons. The van der Waals surface area contributed by atoms with Gasteiger partial charge in [-0.15, -0.1) is 0 Å². The SMILES string of the molecule is CCC(=O)O[C@]1(C(=O)CF)CC[C@H]2C3=C(C(O)C[C@@]21C)[C@@]1(C)C=CC(=O)C=C1CC3. The van der Waals surface area contributed by atoms with Gasteiger partial charge in [-0.05, 0) is 62.7 Å². The molecule has 5 nitrogen and oxygen atoms in total. The van der Waals surface area contributed by atoms with E-state index in [1.54, 1.807) is 19.1 Å². The van der Waals surface area contributed by atoms with E-state index in [9.17, 15) is 23.9 Å². The van der Waals surface area contributed by atoms with Crippen LogP contribution in [0.2, 0.25) is 0 Å². The van der Waals surface area contributed by atoms with Gasteiger partial charge in [-0.3, -0.25) is 14.4 Å². The molecule has 1 fully saturated rings. The summed E-state index contributed by atoms with van der Waals surface area (Å²) >= 11 is 0. The Hall–Kier alpha value is -2.08. The molecule has 1 unspecified atom stereocenters. The van der Waals surface area contributed by atoms with Gasteiger partial charge in [0.1, 0.15) is 0 Å². The van der Waals surface area contributed by atoms with Crippen LogP contribution in [0.5, 0.6) is 0 Å². The van der Waals surface area contributed by atoms with Crippen LogP contribution in [0.4, 0.5) is 4.39 Å². The molecule has 4 aliphatic carbocycles. The number of esters is 1. The summed E-state index contributed by atoms with van der Waals surface area (Å²) in [6, 6.07) is 0. The molecule has 0 amide bonds. The zero-order valence-corrected chi connectivity index (χ0v) is 17.8. The van der Waals surface area contributed by atoms with E-state index in [1.165, 1.54) is 0 Å². The number of allylic oxidation sites excluding steroid dienone is 5. The van der Waals surface area contributed by atoms with Gasteiger partial charge >= 0.3 is 5.97 Å². The highest BCUT2D eigenvalue weighted by atomic mass is 19.1. The first-order valence-corrected chi connectivity index (χ1v) is 10.8. The van der Waals surface area contributed by atoms with Crippen LogP contribution in [0.3, 0.4) is 0 Å². The molecule has 0 aromatic carbocycles. The largest absolute Gasteiger partial charge is 0.450 e. The lowest BCUT2D eigenvalue weighted by Crippen LogP contribution is -2.58. The van der Waals surface area contributed by atoms with Crippen LogP contribution >= 0.6 is 0 Å². The maximum absolute atomic E-state index is 13.7. The predicted molar refractivity (Wildman–Crippen MR) is 108 cm³/mol. The van der Waals surface area contributed by atoms with Gasteiger partial charge < -0.3 is 9.84 Å². The number of carbonyl (C=O) groups is 3. The van der Waals surface area contributed by atoms with E-state index in [-0.39, 0.29) is 31.0 Å². The van der Waals surface area contributed by atoms with E-state index in [4.69, 9.17) is 4.74 Å². The minimum Gasteiger partial charge on any atom is -0.450 e. The van der Waals surface area contributed by atoms with Crippen LogP contribution in [0.15, 0.2) is 34.9 Å². The van der Waals surface area contributed by atoms with Gasteiger partial charge in [-0.1, -0.05) is 31.1 Å². The second kappa shape index (κ2) is 6.98. The van der Waals surface area contributed by atoms with Gasteiger partial charge in [0.2, 0.25) is 5.78 Å². The second-order valence-corrected chi connectivity index (χ2v) is 9.49. The van der Waals surface area contributed by atoms with Crippen molar-refractivity contribution in [1.82, 2.24) is 0 Å². The first-order chi connectivity index (χ1) is 14.1. The number of rotatable bonds is 4. The van der Waals surface area contributed by atoms with Crippen molar-refractivity contribution in [2.24, 2.45) is 16.7 Å². The summed E-state index contributed by atoms with van der Waals surface area (Å²) in [7, 11) is 0. The Morgan fingerprint density at radius 1 is 1.30 bits per heavy atom. The van der Waals surface area contributed by atoms with Crippen molar-refractivity contribution in [1.29, 1.82) is 0 Å². The maximum Gasteiger partial charge on any atom is 0.306 e. The number of aliphatic hydroxyl groups excluding tert-OH is 1. The van der Waals surface area contributed by atoms with Crippen LogP contribution in [0, 0.1) is 16.7 Å². The number of alkyl halides is 1. The Bertz CT molecular complexity index is 915. The molecule has 0 aromatic rings. The van der Waals surface area contributed by atoms with Crippen molar-refractivity contribution >= 4 is 17.5 Å². The van der Waals surface area contributed by atoms with E-state index >= 15 is 0 Å². The summed E-state index contributed by atoms with van der Waals surface area (Å²) in [5.74, 6) is -1.36. The summed E-state index contributed by atoms with van der Waals surface area (Å²) in [5, 5.41) is 11.3. The molecule has 30 heavy (non-hydrogen) atoms. The number of fused-ring (bicyclic) bond motifs is 4. The zero-order chi connectivity index (χ0) is 21.9. The van der Waals surface area contributed by atoms with Gasteiger partial charge in [0.15, 0.2) is 18.1 Å². The fourth-order valence-corrected chi connectivity index (χ4v) is 6.64. The number of aliphatic hydroxyl groups is 1. The minimum absolute atomic E-state index is 0.0402. The van der Waals surface area contributed by atoms with E-state index < -0.39 is 41.0 Å². The van der Waals surface area contributed by atoms with Crippen molar-refractivity contribution in [3.05, 3.63) is 34.9 Å². The second-order valence-electron chi connectivity index (χ2n) is 9.49. The average Bonchev–Trinajstić information content (AvgIpc) is 3.00. The van der Waals surface area contributed by atoms with E-state index in [1.807, 2.05) is 19.9 Å². The minimum atomic E-state index is -1.55. The monoisotopic (exact) mass is 416 g/mol. The summed E-state index contributed by atoms with van der Waals surface area (Å²) in [6.45, 7) is 4.33. The lowest BCUT2D eigenvalue weighted by Gasteiger charge is -2.53. The van der Waals surface area contributed by atoms with Crippen molar-refractivity contribution in [3.63, 3.8) is 0 Å². The first-order valence-electron chi connectivity index (χ1n) is 10.8. The standard InChI is InChI=1S/C24H29FO5/c1-4-20(29)30-24(19(28)13-25)10-8-17-16-6-5-14-11-15(26)7-9-22(14,2)21(16)18(27)12-23(17,24)3/h7,9,11,17-18,27H,4-6,8,10,12-13H2,1-3H3/t17-,18?,22-,23-,24-/m0/s1. The first kappa shape index (κ1) is 21.2. The van der Waals surface area contributed by atoms with Crippen LogP contribution < -0.4 is 0 Å². The third kappa shape index (κ3) is 2.65. The van der Waals surface area contributed by atoms with Crippen molar-refractivity contribution in [2.45, 2.75) is 71.0 Å². The summed E-state index contributed by atoms with van der Waals surface area (Å²) < 4.78 is 19.4. The van der Waals surface area contributed by atoms with Gasteiger partial charge in [0.05, 0.1) is 6.10 Å². The fourth-order valence-electron chi connectivity index (χ4n) is 6.64. The van der Waals surface area contributed by atoms with Gasteiger partial charge in [0.25, 0.3) is 0 Å². The van der Waals surface area contributed by atoms with Crippen molar-refractivity contribution in [3.8, 4) is 0 Å². The molecule has 0 radical (unpaired) electrons. The molecule has 4 aliphatic rings. The molecule has 5 atom stereocenters. The topological polar surface area (TPSA) is 80.7 Å². The molecule has 0 spiro atoms. The molecular weight excluding hydrogens is 387 g/mol. The van der Waals surface area contributed by atoms with E-state index in [2.05, 4.69) is 0 Å². The van der Waals surface area contributed by atoms with Crippen LogP contribution in [0.1, 0.15) is 59.3 Å². The van der Waals surface area contributed by atoms with E-state index in [0.29, 0.717) is 19.3 Å². The van der Waals surface area contributed by atoms with E-state index in [0.717, 1.165) is 16.7 Å². The maximum atomic E-state index is 13.7. The quantitative estimate of drug-likeness (QED) is 0.560. The highest BCUT2D eigenvalue weighted by molar-refractivity contribution is 6.01. The van der Waals surface area contributed by atoms with Crippen LogP contribution in [-0.2, 0) is 19.1 Å². The van der Waals surface area contributed by atoms with Gasteiger partial charge in [0, 0.05) is 17.3 Å². The third-order valence-electron chi connectivity index (χ3n) is 8.13. The summed E-state index contributed by atoms with van der Waals surface area (Å²) in [5.41, 5.74) is 0.0300. The molecule has 6 heteroatoms. The van der Waals surface area contributed by atoms with Crippen LogP contribution in [-0.4, -0.2) is 41.0 Å². The molecule has 0 heterocycles. The average molecular weight is 416 g/mol. The molecule has 1 saturated carbocycles. The molecule has 0 bridgehead atoms.